The van der Waals surface area contributed by atoms with E-state index in [0.29, 0.717) is 0 Å². The third kappa shape index (κ3) is 3.34. The summed E-state index contributed by atoms with van der Waals surface area (Å²) < 4.78 is 5.03. The molecule has 0 aromatic heterocycles. The number of ether oxygens (including phenoxy) is 1. The quantitative estimate of drug-likeness (QED) is 0.609. The van der Waals surface area contributed by atoms with E-state index in [9.17, 15) is 20.1 Å². The number of rotatable bonds is 6. The Labute approximate surface area is 125 Å². The second-order valence-electron chi connectivity index (χ2n) is 4.15. The van der Waals surface area contributed by atoms with Crippen molar-refractivity contribution in [2.24, 2.45) is 0 Å². The summed E-state index contributed by atoms with van der Waals surface area (Å²) in [6.07, 6.45) is 0. The number of aliphatic hydroxyl groups is 3. The van der Waals surface area contributed by atoms with Gasteiger partial charge in [-0.2, -0.15) is 0 Å². The summed E-state index contributed by atoms with van der Waals surface area (Å²) in [5.74, 6) is -0.661. The first-order valence-corrected chi connectivity index (χ1v) is 6.37. The van der Waals surface area contributed by atoms with Gasteiger partial charge >= 0.3 is 0 Å². The Hall–Kier alpha value is -1.05. The molecule has 1 amide bonds. The lowest BCUT2D eigenvalue weighted by Gasteiger charge is -2.29. The molecule has 0 radical (unpaired) electrons. The maximum atomic E-state index is 12.2. The van der Waals surface area contributed by atoms with Gasteiger partial charge in [-0.3, -0.25) is 4.79 Å². The van der Waals surface area contributed by atoms with E-state index in [-0.39, 0.29) is 21.4 Å². The van der Waals surface area contributed by atoms with Crippen LogP contribution in [0, 0.1) is 0 Å². The van der Waals surface area contributed by atoms with E-state index < -0.39 is 31.3 Å². The van der Waals surface area contributed by atoms with E-state index in [1.807, 2.05) is 0 Å². The van der Waals surface area contributed by atoms with Crippen LogP contribution in [0.1, 0.15) is 10.4 Å². The summed E-state index contributed by atoms with van der Waals surface area (Å²) in [6.45, 7) is -1.94. The van der Waals surface area contributed by atoms with Crippen molar-refractivity contribution in [3.05, 3.63) is 27.7 Å². The van der Waals surface area contributed by atoms with Crippen LogP contribution in [0.2, 0.25) is 10.0 Å². The molecule has 0 aliphatic heterocycles. The first-order valence-electron chi connectivity index (χ1n) is 5.61. The molecule has 0 heterocycles. The van der Waals surface area contributed by atoms with Crippen molar-refractivity contribution in [2.45, 2.75) is 5.54 Å². The number of carbonyl (C=O) groups excluding carboxylic acids is 1. The van der Waals surface area contributed by atoms with Gasteiger partial charge < -0.3 is 25.4 Å². The number of hydrogen-bond acceptors (Lipinski definition) is 5. The Bertz CT molecular complexity index is 483. The molecule has 0 fully saturated rings. The zero-order valence-corrected chi connectivity index (χ0v) is 12.2. The van der Waals surface area contributed by atoms with Crippen LogP contribution >= 0.6 is 23.2 Å². The molecule has 0 bridgehead atoms. The molecule has 112 valence electrons. The summed E-state index contributed by atoms with van der Waals surface area (Å²) in [5.41, 5.74) is -1.60. The largest absolute Gasteiger partial charge is 0.494 e. The van der Waals surface area contributed by atoms with Gasteiger partial charge in [0.25, 0.3) is 5.91 Å². The second-order valence-corrected chi connectivity index (χ2v) is 4.96. The molecule has 0 spiro atoms. The number of halogens is 2. The fraction of sp³-hybridized carbons (Fsp3) is 0.417. The van der Waals surface area contributed by atoms with Gasteiger partial charge in [-0.15, -0.1) is 0 Å². The zero-order valence-electron chi connectivity index (χ0n) is 10.7. The van der Waals surface area contributed by atoms with E-state index in [1.54, 1.807) is 0 Å². The van der Waals surface area contributed by atoms with Gasteiger partial charge in [-0.1, -0.05) is 23.2 Å². The normalized spacial score (nSPS) is 11.3. The van der Waals surface area contributed by atoms with Crippen LogP contribution in [0.25, 0.3) is 0 Å². The SMILES string of the molecule is COc1c(Cl)ccc(Cl)c1C(=O)NC(CO)(CO)CO. The van der Waals surface area contributed by atoms with Gasteiger partial charge in [-0.25, -0.2) is 0 Å². The molecule has 8 heteroatoms. The summed E-state index contributed by atoms with van der Waals surface area (Å²) in [4.78, 5) is 12.2. The fourth-order valence-electron chi connectivity index (χ4n) is 1.52. The zero-order chi connectivity index (χ0) is 15.3. The molecule has 6 nitrogen and oxygen atoms in total. The lowest BCUT2D eigenvalue weighted by atomic mass is 10.0. The smallest absolute Gasteiger partial charge is 0.257 e. The number of carbonyl (C=O) groups is 1. The third-order valence-corrected chi connectivity index (χ3v) is 3.39. The van der Waals surface area contributed by atoms with Gasteiger partial charge in [-0.05, 0) is 12.1 Å². The van der Waals surface area contributed by atoms with Crippen LogP contribution in [0.15, 0.2) is 12.1 Å². The minimum absolute atomic E-state index is 0.0404. The maximum Gasteiger partial charge on any atom is 0.257 e. The molecule has 1 aromatic rings. The third-order valence-electron chi connectivity index (χ3n) is 2.78. The Morgan fingerprint density at radius 2 is 1.70 bits per heavy atom. The molecule has 0 saturated heterocycles. The molecule has 0 aliphatic rings. The van der Waals surface area contributed by atoms with E-state index >= 15 is 0 Å². The van der Waals surface area contributed by atoms with Crippen LogP contribution in [0.4, 0.5) is 0 Å². The molecule has 0 unspecified atom stereocenters. The van der Waals surface area contributed by atoms with E-state index in [4.69, 9.17) is 27.9 Å². The molecule has 0 aliphatic carbocycles. The Kier molecular flexibility index (Phi) is 6.04. The number of methoxy groups -OCH3 is 1. The van der Waals surface area contributed by atoms with Crippen molar-refractivity contribution in [1.29, 1.82) is 0 Å². The van der Waals surface area contributed by atoms with Crippen molar-refractivity contribution in [3.8, 4) is 5.75 Å². The molecule has 0 atom stereocenters. The molecule has 4 N–H and O–H groups in total. The molecule has 1 aromatic carbocycles. The van der Waals surface area contributed by atoms with E-state index in [1.165, 1.54) is 19.2 Å². The monoisotopic (exact) mass is 323 g/mol. The van der Waals surface area contributed by atoms with Gasteiger partial charge in [0.15, 0.2) is 5.75 Å². The van der Waals surface area contributed by atoms with Gasteiger partial charge in [0.2, 0.25) is 0 Å². The average molecular weight is 324 g/mol. The predicted octanol–water partition coefficient (Wildman–Crippen LogP) is 0.448. The summed E-state index contributed by atoms with van der Waals surface area (Å²) in [5, 5.41) is 30.2. The minimum atomic E-state index is -1.56. The highest BCUT2D eigenvalue weighted by Crippen LogP contribution is 2.33. The van der Waals surface area contributed by atoms with Crippen molar-refractivity contribution in [1.82, 2.24) is 5.32 Å². The summed E-state index contributed by atoms with van der Waals surface area (Å²) in [6, 6.07) is 2.89. The van der Waals surface area contributed by atoms with Gasteiger partial charge in [0.05, 0.1) is 37.0 Å². The molecular weight excluding hydrogens is 309 g/mol. The maximum absolute atomic E-state index is 12.2. The number of nitrogens with one attached hydrogen (secondary N) is 1. The first kappa shape index (κ1) is 17.0. The fourth-order valence-corrected chi connectivity index (χ4v) is 1.99. The molecule has 20 heavy (non-hydrogen) atoms. The number of amides is 1. The van der Waals surface area contributed by atoms with Crippen LogP contribution in [-0.2, 0) is 0 Å². The van der Waals surface area contributed by atoms with Crippen LogP contribution < -0.4 is 10.1 Å². The predicted molar refractivity (Wildman–Crippen MR) is 74.5 cm³/mol. The van der Waals surface area contributed by atoms with Crippen molar-refractivity contribution in [3.63, 3.8) is 0 Å². The number of benzene rings is 1. The number of hydrogen-bond donors (Lipinski definition) is 4. The van der Waals surface area contributed by atoms with Crippen LogP contribution in [0.5, 0.6) is 5.75 Å². The lowest BCUT2D eigenvalue weighted by molar-refractivity contribution is 0.0374. The highest BCUT2D eigenvalue weighted by Gasteiger charge is 2.32. The minimum Gasteiger partial charge on any atom is -0.494 e. The lowest BCUT2D eigenvalue weighted by Crippen LogP contribution is -2.57. The van der Waals surface area contributed by atoms with Crippen molar-refractivity contribution >= 4 is 29.1 Å². The van der Waals surface area contributed by atoms with E-state index in [2.05, 4.69) is 5.32 Å². The average Bonchev–Trinajstić information content (AvgIpc) is 2.46. The number of aliphatic hydroxyl groups excluding tert-OH is 3. The Balaban J connectivity index is 3.19. The first-order chi connectivity index (χ1) is 9.44. The summed E-state index contributed by atoms with van der Waals surface area (Å²) in [7, 11) is 1.33. The highest BCUT2D eigenvalue weighted by atomic mass is 35.5. The Morgan fingerprint density at radius 3 is 2.15 bits per heavy atom. The summed E-state index contributed by atoms with van der Waals surface area (Å²) >= 11 is 11.9. The molecule has 1 rings (SSSR count). The van der Waals surface area contributed by atoms with Crippen LogP contribution in [-0.4, -0.2) is 53.7 Å². The van der Waals surface area contributed by atoms with Crippen molar-refractivity contribution in [2.75, 3.05) is 26.9 Å². The standard InChI is InChI=1S/C12H15Cl2NO5/c1-20-10-8(14)3-2-7(13)9(10)11(19)15-12(4-16,5-17)6-18/h2-3,16-18H,4-6H2,1H3,(H,15,19). The van der Waals surface area contributed by atoms with Crippen LogP contribution in [0.3, 0.4) is 0 Å². The Morgan fingerprint density at radius 1 is 1.20 bits per heavy atom. The molecule has 0 saturated carbocycles. The van der Waals surface area contributed by atoms with E-state index in [0.717, 1.165) is 0 Å². The van der Waals surface area contributed by atoms with Crippen molar-refractivity contribution < 1.29 is 24.9 Å². The second kappa shape index (κ2) is 7.10. The highest BCUT2D eigenvalue weighted by molar-refractivity contribution is 6.37. The van der Waals surface area contributed by atoms with Gasteiger partial charge in [0, 0.05) is 0 Å². The topological polar surface area (TPSA) is 99.0 Å². The van der Waals surface area contributed by atoms with Gasteiger partial charge in [0.1, 0.15) is 11.1 Å². The molecular formula is C12H15Cl2NO5.